The Labute approximate surface area is 62.2 Å². The lowest BCUT2D eigenvalue weighted by atomic mass is 10.1. The molecule has 1 aliphatic heterocycles. The standard InChI is InChI=1S/C5H8N2O4/c1-2-3(8)6-4(9)7-5(2,10)11/h2,10-11H,1H3,(H2,6,7,8,9). The highest BCUT2D eigenvalue weighted by molar-refractivity contribution is 5.98. The van der Waals surface area contributed by atoms with Gasteiger partial charge in [0.1, 0.15) is 5.92 Å². The third-order valence-electron chi connectivity index (χ3n) is 1.53. The molecule has 6 nitrogen and oxygen atoms in total. The molecule has 0 aliphatic carbocycles. The zero-order valence-corrected chi connectivity index (χ0v) is 5.79. The molecule has 1 rings (SSSR count). The predicted molar refractivity (Wildman–Crippen MR) is 33.0 cm³/mol. The Bertz CT molecular complexity index is 213. The molecule has 1 saturated heterocycles. The molecular formula is C5H8N2O4. The van der Waals surface area contributed by atoms with Crippen molar-refractivity contribution in [3.63, 3.8) is 0 Å². The normalized spacial score (nSPS) is 29.2. The molecule has 1 heterocycles. The van der Waals surface area contributed by atoms with Gasteiger partial charge in [0, 0.05) is 0 Å². The van der Waals surface area contributed by atoms with E-state index in [9.17, 15) is 9.59 Å². The van der Waals surface area contributed by atoms with E-state index < -0.39 is 23.8 Å². The van der Waals surface area contributed by atoms with Crippen molar-refractivity contribution in [1.82, 2.24) is 10.6 Å². The molecule has 1 atom stereocenters. The molecule has 11 heavy (non-hydrogen) atoms. The third-order valence-corrected chi connectivity index (χ3v) is 1.53. The molecule has 6 heteroatoms. The number of nitrogens with one attached hydrogen (secondary N) is 2. The van der Waals surface area contributed by atoms with Crippen LogP contribution < -0.4 is 10.6 Å². The van der Waals surface area contributed by atoms with Crippen LogP contribution in [0.25, 0.3) is 0 Å². The van der Waals surface area contributed by atoms with Gasteiger partial charge >= 0.3 is 6.03 Å². The Morgan fingerprint density at radius 3 is 2.45 bits per heavy atom. The van der Waals surface area contributed by atoms with Crippen molar-refractivity contribution in [2.45, 2.75) is 12.8 Å². The van der Waals surface area contributed by atoms with Crippen molar-refractivity contribution in [3.8, 4) is 0 Å². The minimum absolute atomic E-state index is 0.709. The van der Waals surface area contributed by atoms with Crippen LogP contribution >= 0.6 is 0 Å². The monoisotopic (exact) mass is 160 g/mol. The molecule has 1 unspecified atom stereocenters. The van der Waals surface area contributed by atoms with Crippen LogP contribution in [0.15, 0.2) is 0 Å². The van der Waals surface area contributed by atoms with Crippen LogP contribution in [-0.2, 0) is 4.79 Å². The molecule has 0 aromatic heterocycles. The average molecular weight is 160 g/mol. The molecule has 3 amide bonds. The van der Waals surface area contributed by atoms with Crippen molar-refractivity contribution in [2.24, 2.45) is 5.92 Å². The second kappa shape index (κ2) is 2.18. The molecular weight excluding hydrogens is 152 g/mol. The number of amides is 3. The zero-order valence-electron chi connectivity index (χ0n) is 5.79. The summed E-state index contributed by atoms with van der Waals surface area (Å²) in [5.74, 6) is -4.21. The predicted octanol–water partition coefficient (Wildman–Crippen LogP) is -1.90. The van der Waals surface area contributed by atoms with Gasteiger partial charge in [0.25, 0.3) is 5.91 Å². The van der Waals surface area contributed by atoms with E-state index in [1.54, 1.807) is 5.32 Å². The number of carbonyl (C=O) groups is 2. The van der Waals surface area contributed by atoms with Crippen LogP contribution in [0.1, 0.15) is 6.92 Å². The Morgan fingerprint density at radius 2 is 2.00 bits per heavy atom. The molecule has 0 bridgehead atoms. The second-order valence-electron chi connectivity index (χ2n) is 2.39. The molecule has 4 N–H and O–H groups in total. The number of urea groups is 1. The molecule has 1 aliphatic rings. The van der Waals surface area contributed by atoms with Crippen LogP contribution in [0, 0.1) is 5.92 Å². The smallest absolute Gasteiger partial charge is 0.325 e. The van der Waals surface area contributed by atoms with E-state index in [1.807, 2.05) is 5.32 Å². The first-order valence-corrected chi connectivity index (χ1v) is 3.01. The maximum atomic E-state index is 10.7. The summed E-state index contributed by atoms with van der Waals surface area (Å²) >= 11 is 0. The number of aliphatic hydroxyl groups is 2. The number of rotatable bonds is 0. The molecule has 0 aromatic rings. The second-order valence-corrected chi connectivity index (χ2v) is 2.39. The van der Waals surface area contributed by atoms with Gasteiger partial charge in [-0.25, -0.2) is 4.79 Å². The lowest BCUT2D eigenvalue weighted by Gasteiger charge is -2.32. The van der Waals surface area contributed by atoms with E-state index in [0.717, 1.165) is 0 Å². The summed E-state index contributed by atoms with van der Waals surface area (Å²) < 4.78 is 0. The third kappa shape index (κ3) is 1.31. The van der Waals surface area contributed by atoms with Crippen LogP contribution in [-0.4, -0.2) is 28.1 Å². The van der Waals surface area contributed by atoms with E-state index in [1.165, 1.54) is 6.92 Å². The summed E-state index contributed by atoms with van der Waals surface area (Å²) in [5, 5.41) is 21.5. The van der Waals surface area contributed by atoms with Crippen molar-refractivity contribution >= 4 is 11.9 Å². The van der Waals surface area contributed by atoms with Gasteiger partial charge in [-0.05, 0) is 6.92 Å². The van der Waals surface area contributed by atoms with Gasteiger partial charge < -0.3 is 10.2 Å². The number of hydrogen-bond donors (Lipinski definition) is 4. The minimum atomic E-state index is -2.43. The number of carbonyl (C=O) groups excluding carboxylic acids is 2. The van der Waals surface area contributed by atoms with Gasteiger partial charge in [0.05, 0.1) is 0 Å². The van der Waals surface area contributed by atoms with Crippen LogP contribution in [0.2, 0.25) is 0 Å². The Hall–Kier alpha value is -1.14. The minimum Gasteiger partial charge on any atom is -0.348 e. The summed E-state index contributed by atoms with van der Waals surface area (Å²) in [5.41, 5.74) is 0. The average Bonchev–Trinajstić information content (AvgIpc) is 1.81. The molecule has 1 fully saturated rings. The number of imide groups is 1. The summed E-state index contributed by atoms with van der Waals surface area (Å²) in [6.45, 7) is 1.29. The van der Waals surface area contributed by atoms with Crippen LogP contribution in [0.5, 0.6) is 0 Å². The van der Waals surface area contributed by atoms with E-state index >= 15 is 0 Å². The van der Waals surface area contributed by atoms with Gasteiger partial charge in [0.15, 0.2) is 0 Å². The fraction of sp³-hybridized carbons (Fsp3) is 0.600. The van der Waals surface area contributed by atoms with Crippen molar-refractivity contribution in [3.05, 3.63) is 0 Å². The van der Waals surface area contributed by atoms with E-state index in [-0.39, 0.29) is 0 Å². The fourth-order valence-electron chi connectivity index (χ4n) is 0.710. The maximum Gasteiger partial charge on any atom is 0.325 e. The van der Waals surface area contributed by atoms with Gasteiger partial charge in [-0.15, -0.1) is 0 Å². The summed E-state index contributed by atoms with van der Waals surface area (Å²) in [6.07, 6.45) is 0. The van der Waals surface area contributed by atoms with Crippen molar-refractivity contribution in [2.75, 3.05) is 0 Å². The van der Waals surface area contributed by atoms with Gasteiger partial charge in [-0.1, -0.05) is 0 Å². The van der Waals surface area contributed by atoms with Gasteiger partial charge in [-0.3, -0.25) is 15.4 Å². The number of hydrogen-bond acceptors (Lipinski definition) is 4. The summed E-state index contributed by atoms with van der Waals surface area (Å²) in [4.78, 5) is 21.2. The molecule has 0 aromatic carbocycles. The Kier molecular flexibility index (Phi) is 1.57. The van der Waals surface area contributed by atoms with Crippen molar-refractivity contribution < 1.29 is 19.8 Å². The highest BCUT2D eigenvalue weighted by Crippen LogP contribution is 2.13. The zero-order chi connectivity index (χ0) is 8.65. The van der Waals surface area contributed by atoms with Gasteiger partial charge in [0.2, 0.25) is 5.91 Å². The highest BCUT2D eigenvalue weighted by atomic mass is 16.5. The highest BCUT2D eigenvalue weighted by Gasteiger charge is 2.42. The first-order chi connectivity index (χ1) is 4.93. The first-order valence-electron chi connectivity index (χ1n) is 3.01. The Balaban J connectivity index is 2.83. The first kappa shape index (κ1) is 7.96. The van der Waals surface area contributed by atoms with Crippen LogP contribution in [0.4, 0.5) is 4.79 Å². The lowest BCUT2D eigenvalue weighted by Crippen LogP contribution is -2.65. The maximum absolute atomic E-state index is 10.7. The molecule has 0 spiro atoms. The molecule has 0 saturated carbocycles. The Morgan fingerprint density at radius 1 is 1.45 bits per heavy atom. The molecule has 62 valence electrons. The quantitative estimate of drug-likeness (QED) is 0.311. The lowest BCUT2D eigenvalue weighted by molar-refractivity contribution is -0.214. The van der Waals surface area contributed by atoms with E-state index in [4.69, 9.17) is 10.2 Å². The van der Waals surface area contributed by atoms with E-state index in [0.29, 0.717) is 0 Å². The van der Waals surface area contributed by atoms with Crippen molar-refractivity contribution in [1.29, 1.82) is 0 Å². The fourth-order valence-corrected chi connectivity index (χ4v) is 0.710. The van der Waals surface area contributed by atoms with E-state index in [2.05, 4.69) is 0 Å². The molecule has 0 radical (unpaired) electrons. The topological polar surface area (TPSA) is 98.7 Å². The van der Waals surface area contributed by atoms with Crippen LogP contribution in [0.3, 0.4) is 0 Å². The summed E-state index contributed by atoms with van der Waals surface area (Å²) in [6, 6.07) is -0.905. The summed E-state index contributed by atoms with van der Waals surface area (Å²) in [7, 11) is 0. The largest absolute Gasteiger partial charge is 0.348 e. The van der Waals surface area contributed by atoms with Gasteiger partial charge in [-0.2, -0.15) is 0 Å². The SMILES string of the molecule is CC1C(=O)NC(=O)NC1(O)O.